The molecular formula is C9H7BrO2. The van der Waals surface area contributed by atoms with E-state index in [2.05, 4.69) is 15.9 Å². The maximum atomic E-state index is 11.2. The summed E-state index contributed by atoms with van der Waals surface area (Å²) in [7, 11) is 0. The average Bonchev–Trinajstić information content (AvgIpc) is 2.42. The van der Waals surface area contributed by atoms with Gasteiger partial charge >= 0.3 is 5.97 Å². The first-order chi connectivity index (χ1) is 5.70. The first kappa shape index (κ1) is 7.80. The zero-order valence-electron chi connectivity index (χ0n) is 6.56. The first-order valence-electron chi connectivity index (χ1n) is 3.65. The number of hydrogen-bond donors (Lipinski definition) is 0. The van der Waals surface area contributed by atoms with Crippen LogP contribution >= 0.6 is 15.9 Å². The number of halogens is 1. The fraction of sp³-hybridized carbons (Fsp3) is 0.222. The molecule has 3 heteroatoms. The molecule has 0 saturated heterocycles. The van der Waals surface area contributed by atoms with Gasteiger partial charge in [0.1, 0.15) is 6.61 Å². The summed E-state index contributed by atoms with van der Waals surface area (Å²) in [4.78, 5) is 11.2. The van der Waals surface area contributed by atoms with Crippen molar-refractivity contribution >= 4 is 21.9 Å². The second-order valence-electron chi connectivity index (χ2n) is 2.79. The lowest BCUT2D eigenvalue weighted by Crippen LogP contribution is -1.96. The van der Waals surface area contributed by atoms with Crippen LogP contribution in [0.1, 0.15) is 21.5 Å². The zero-order valence-corrected chi connectivity index (χ0v) is 8.14. The molecule has 0 saturated carbocycles. The predicted molar refractivity (Wildman–Crippen MR) is 48.0 cm³/mol. The van der Waals surface area contributed by atoms with Crippen LogP contribution in [0.3, 0.4) is 0 Å². The molecule has 0 unspecified atom stereocenters. The monoisotopic (exact) mass is 226 g/mol. The second kappa shape index (κ2) is 2.59. The SMILES string of the molecule is Cc1ccc(Br)c2c1C(=O)OC2. The summed E-state index contributed by atoms with van der Waals surface area (Å²) >= 11 is 3.38. The maximum Gasteiger partial charge on any atom is 0.339 e. The van der Waals surface area contributed by atoms with Gasteiger partial charge in [-0.05, 0) is 18.6 Å². The van der Waals surface area contributed by atoms with E-state index in [4.69, 9.17) is 4.74 Å². The van der Waals surface area contributed by atoms with Gasteiger partial charge in [-0.3, -0.25) is 0 Å². The highest BCUT2D eigenvalue weighted by Crippen LogP contribution is 2.29. The molecule has 0 N–H and O–H groups in total. The molecule has 0 atom stereocenters. The molecule has 1 aromatic rings. The maximum absolute atomic E-state index is 11.2. The Kier molecular flexibility index (Phi) is 1.68. The minimum Gasteiger partial charge on any atom is -0.457 e. The van der Waals surface area contributed by atoms with Crippen molar-refractivity contribution in [2.75, 3.05) is 0 Å². The van der Waals surface area contributed by atoms with E-state index in [1.54, 1.807) is 0 Å². The molecule has 12 heavy (non-hydrogen) atoms. The van der Waals surface area contributed by atoms with E-state index in [0.29, 0.717) is 6.61 Å². The van der Waals surface area contributed by atoms with Gasteiger partial charge in [0.25, 0.3) is 0 Å². The molecule has 0 aromatic heterocycles. The molecule has 2 rings (SSSR count). The Labute approximate surface area is 78.7 Å². The van der Waals surface area contributed by atoms with Gasteiger partial charge in [0.05, 0.1) is 5.56 Å². The number of rotatable bonds is 0. The third-order valence-electron chi connectivity index (χ3n) is 2.02. The number of cyclic esters (lactones) is 1. The van der Waals surface area contributed by atoms with E-state index >= 15 is 0 Å². The van der Waals surface area contributed by atoms with Gasteiger partial charge in [0.15, 0.2) is 0 Å². The normalized spacial score (nSPS) is 14.3. The van der Waals surface area contributed by atoms with Crippen molar-refractivity contribution in [1.82, 2.24) is 0 Å². The lowest BCUT2D eigenvalue weighted by molar-refractivity contribution is 0.0534. The van der Waals surface area contributed by atoms with E-state index in [9.17, 15) is 4.79 Å². The van der Waals surface area contributed by atoms with Gasteiger partial charge in [-0.1, -0.05) is 22.0 Å². The largest absolute Gasteiger partial charge is 0.457 e. The fourth-order valence-corrected chi connectivity index (χ4v) is 1.82. The summed E-state index contributed by atoms with van der Waals surface area (Å²) < 4.78 is 5.87. The van der Waals surface area contributed by atoms with Crippen molar-refractivity contribution < 1.29 is 9.53 Å². The van der Waals surface area contributed by atoms with E-state index < -0.39 is 0 Å². The number of aryl methyl sites for hydroxylation is 1. The molecule has 62 valence electrons. The molecule has 1 aromatic carbocycles. The fourth-order valence-electron chi connectivity index (χ4n) is 1.37. The Morgan fingerprint density at radius 2 is 2.25 bits per heavy atom. The Bertz CT molecular complexity index is 358. The second-order valence-corrected chi connectivity index (χ2v) is 3.65. The molecule has 1 aliphatic heterocycles. The van der Waals surface area contributed by atoms with Gasteiger partial charge in [-0.25, -0.2) is 4.79 Å². The van der Waals surface area contributed by atoms with E-state index in [1.165, 1.54) is 0 Å². The molecule has 2 nitrogen and oxygen atoms in total. The molecular weight excluding hydrogens is 220 g/mol. The van der Waals surface area contributed by atoms with Crippen LogP contribution in [0.2, 0.25) is 0 Å². The molecule has 1 heterocycles. The van der Waals surface area contributed by atoms with Crippen LogP contribution in [0.5, 0.6) is 0 Å². The summed E-state index contributed by atoms with van der Waals surface area (Å²) in [6.45, 7) is 2.31. The van der Waals surface area contributed by atoms with Crippen molar-refractivity contribution in [3.8, 4) is 0 Å². The topological polar surface area (TPSA) is 26.3 Å². The molecule has 0 bridgehead atoms. The average molecular weight is 227 g/mol. The standard InChI is InChI=1S/C9H7BrO2/c1-5-2-3-7(10)6-4-12-9(11)8(5)6/h2-3H,4H2,1H3. The van der Waals surface area contributed by atoms with Crippen LogP contribution in [0, 0.1) is 6.92 Å². The Hall–Kier alpha value is -0.830. The number of hydrogen-bond acceptors (Lipinski definition) is 2. The van der Waals surface area contributed by atoms with Crippen LogP contribution in [-0.2, 0) is 11.3 Å². The lowest BCUT2D eigenvalue weighted by atomic mass is 10.0. The smallest absolute Gasteiger partial charge is 0.339 e. The van der Waals surface area contributed by atoms with Crippen LogP contribution < -0.4 is 0 Å². The molecule has 0 aliphatic carbocycles. The molecule has 0 radical (unpaired) electrons. The Morgan fingerprint density at radius 1 is 1.50 bits per heavy atom. The first-order valence-corrected chi connectivity index (χ1v) is 4.44. The highest BCUT2D eigenvalue weighted by atomic mass is 79.9. The number of carbonyl (C=O) groups is 1. The summed E-state index contributed by atoms with van der Waals surface area (Å²) in [5, 5.41) is 0. The third-order valence-corrected chi connectivity index (χ3v) is 2.76. The summed E-state index contributed by atoms with van der Waals surface area (Å²) in [6, 6.07) is 3.85. The van der Waals surface area contributed by atoms with Crippen LogP contribution in [0.15, 0.2) is 16.6 Å². The van der Waals surface area contributed by atoms with Crippen molar-refractivity contribution in [1.29, 1.82) is 0 Å². The number of ether oxygens (including phenoxy) is 1. The highest BCUT2D eigenvalue weighted by molar-refractivity contribution is 9.10. The van der Waals surface area contributed by atoms with E-state index in [0.717, 1.165) is 21.2 Å². The van der Waals surface area contributed by atoms with Crippen molar-refractivity contribution in [2.45, 2.75) is 13.5 Å². The summed E-state index contributed by atoms with van der Waals surface area (Å²) in [5.74, 6) is -0.205. The predicted octanol–water partition coefficient (Wildman–Crippen LogP) is 2.43. The van der Waals surface area contributed by atoms with Crippen molar-refractivity contribution in [2.24, 2.45) is 0 Å². The number of esters is 1. The van der Waals surface area contributed by atoms with Crippen LogP contribution in [-0.4, -0.2) is 5.97 Å². The quantitative estimate of drug-likeness (QED) is 0.636. The molecule has 0 spiro atoms. The molecule has 0 amide bonds. The summed E-state index contributed by atoms with van der Waals surface area (Å²) in [6.07, 6.45) is 0. The number of fused-ring (bicyclic) bond motifs is 1. The van der Waals surface area contributed by atoms with Crippen LogP contribution in [0.25, 0.3) is 0 Å². The minimum absolute atomic E-state index is 0.205. The molecule has 0 fully saturated rings. The van der Waals surface area contributed by atoms with Crippen molar-refractivity contribution in [3.05, 3.63) is 33.3 Å². The third kappa shape index (κ3) is 0.966. The van der Waals surface area contributed by atoms with Gasteiger partial charge in [0.2, 0.25) is 0 Å². The van der Waals surface area contributed by atoms with Gasteiger partial charge in [-0.2, -0.15) is 0 Å². The zero-order chi connectivity index (χ0) is 8.72. The number of carbonyl (C=O) groups excluding carboxylic acids is 1. The van der Waals surface area contributed by atoms with E-state index in [-0.39, 0.29) is 5.97 Å². The van der Waals surface area contributed by atoms with Gasteiger partial charge < -0.3 is 4.74 Å². The van der Waals surface area contributed by atoms with Crippen molar-refractivity contribution in [3.63, 3.8) is 0 Å². The minimum atomic E-state index is -0.205. The lowest BCUT2D eigenvalue weighted by Gasteiger charge is -2.00. The van der Waals surface area contributed by atoms with Gasteiger partial charge in [-0.15, -0.1) is 0 Å². The Balaban J connectivity index is 2.72. The van der Waals surface area contributed by atoms with E-state index in [1.807, 2.05) is 19.1 Å². The van der Waals surface area contributed by atoms with Gasteiger partial charge in [0, 0.05) is 10.0 Å². The van der Waals surface area contributed by atoms with Crippen LogP contribution in [0.4, 0.5) is 0 Å². The number of benzene rings is 1. The highest BCUT2D eigenvalue weighted by Gasteiger charge is 2.24. The Morgan fingerprint density at radius 3 is 2.92 bits per heavy atom. The summed E-state index contributed by atoms with van der Waals surface area (Å²) in [5.41, 5.74) is 2.68. The molecule has 1 aliphatic rings.